The summed E-state index contributed by atoms with van der Waals surface area (Å²) in [4.78, 5) is 137. The van der Waals surface area contributed by atoms with Crippen LogP contribution < -0.4 is 27.0 Å². The number of nitrogens with zero attached hydrogens (tertiary/aromatic N) is 5. The SMILES string of the molecule is CN(C)C1(Cc2ccc(F)cc2)CCC(NC(=O)C(=O)c2c[nH]c3ccccc23)CC1.CN(C)C1(Cc2ccccc2Cl)CCC(NC(=O)C(=O)c2c[nH]c3ccccc23)CC1.Cc1cccc(CC2(N(C)C)CCC(NC(=O)C(=O)c3c[nH]c4ccccc34)CC2)c1.Cc1ccccc1CC1(N(C)C)CCC(NC(=O)C(=O)c2c[nH]c3ccccc23)CC1.NC(=O)C1CCC(c2ccccc2)(N2CCOCC2)CC1. The number of carbonyl (C=O) groups excluding carboxylic acids is 9. The number of amides is 5. The first kappa shape index (κ1) is 106. The van der Waals surface area contributed by atoms with E-state index < -0.39 is 46.8 Å². The number of H-pyrrole nitrogens is 4. The lowest BCUT2D eigenvalue weighted by Gasteiger charge is -2.49. The normalized spacial score (nSPS) is 22.7. The van der Waals surface area contributed by atoms with Crippen molar-refractivity contribution in [3.8, 4) is 0 Å². The third-order valence-electron chi connectivity index (χ3n) is 32.4. The highest BCUT2D eigenvalue weighted by Crippen LogP contribution is 2.46. The second-order valence-corrected chi connectivity index (χ2v) is 42.2. The van der Waals surface area contributed by atoms with E-state index in [0.717, 1.165) is 240 Å². The molecule has 26 heteroatoms. The summed E-state index contributed by atoms with van der Waals surface area (Å²) in [6, 6.07) is 72.8. The number of benzene rings is 9. The summed E-state index contributed by atoms with van der Waals surface area (Å²) in [7, 11) is 17.0. The van der Waals surface area contributed by atoms with E-state index in [1.807, 2.05) is 127 Å². The summed E-state index contributed by atoms with van der Waals surface area (Å²) in [6.45, 7) is 7.83. The minimum absolute atomic E-state index is 0.000904. The highest BCUT2D eigenvalue weighted by atomic mass is 35.5. The van der Waals surface area contributed by atoms with E-state index >= 15 is 0 Å². The second kappa shape index (κ2) is 48.0. The Morgan fingerprint density at radius 3 is 1.05 bits per heavy atom. The van der Waals surface area contributed by atoms with Crippen molar-refractivity contribution in [3.05, 3.63) is 321 Å². The molecule has 13 aromatic rings. The Balaban J connectivity index is 0.000000137. The van der Waals surface area contributed by atoms with Crippen LogP contribution in [-0.2, 0) is 59.9 Å². The van der Waals surface area contributed by atoms with Gasteiger partial charge in [-0.05, 0) is 300 Å². The van der Waals surface area contributed by atoms with E-state index in [0.29, 0.717) is 22.3 Å². The zero-order chi connectivity index (χ0) is 103. The quantitative estimate of drug-likeness (QED) is 0.0171. The minimum atomic E-state index is -0.550. The second-order valence-electron chi connectivity index (χ2n) is 41.8. The van der Waals surface area contributed by atoms with Crippen LogP contribution in [0.1, 0.15) is 209 Å². The monoisotopic (exact) mass is 1980 g/mol. The highest BCUT2D eigenvalue weighted by Gasteiger charge is 2.46. The van der Waals surface area contributed by atoms with E-state index in [9.17, 15) is 47.5 Å². The summed E-state index contributed by atoms with van der Waals surface area (Å²) in [5.74, 6) is -4.36. The summed E-state index contributed by atoms with van der Waals surface area (Å²) >= 11 is 6.42. The largest absolute Gasteiger partial charge is 0.379 e. The van der Waals surface area contributed by atoms with Gasteiger partial charge in [-0.25, -0.2) is 4.39 Å². The van der Waals surface area contributed by atoms with Crippen LogP contribution in [0.25, 0.3) is 43.6 Å². The number of para-hydroxylation sites is 4. The number of aryl methyl sites for hydroxylation is 2. The number of likely N-dealkylation sites (N-methyl/N-ethyl adjacent to an activating group) is 4. The molecule has 0 bridgehead atoms. The van der Waals surface area contributed by atoms with Gasteiger partial charge in [-0.2, -0.15) is 0 Å². The molecule has 6 aliphatic rings. The Labute approximate surface area is 856 Å². The van der Waals surface area contributed by atoms with E-state index in [1.165, 1.54) is 39.9 Å². The smallest absolute Gasteiger partial charge is 0.292 e. The van der Waals surface area contributed by atoms with Crippen molar-refractivity contribution in [1.29, 1.82) is 0 Å². The highest BCUT2D eigenvalue weighted by molar-refractivity contribution is 6.47. The van der Waals surface area contributed by atoms with Crippen LogP contribution in [0.3, 0.4) is 0 Å². The maximum atomic E-state index is 13.3. The van der Waals surface area contributed by atoms with Crippen LogP contribution >= 0.6 is 11.6 Å². The predicted octanol–water partition coefficient (Wildman–Crippen LogP) is 19.1. The maximum Gasteiger partial charge on any atom is 0.292 e. The molecule has 24 nitrogen and oxygen atoms in total. The lowest BCUT2D eigenvalue weighted by Crippen LogP contribution is -2.53. The number of carbonyl (C=O) groups is 9. The number of rotatable bonds is 27. The van der Waals surface area contributed by atoms with Crippen LogP contribution in [0.4, 0.5) is 4.39 Å². The number of hydrogen-bond acceptors (Lipinski definition) is 15. The molecule has 145 heavy (non-hydrogen) atoms. The Bertz CT molecular complexity index is 6480. The molecule has 1 aliphatic heterocycles. The van der Waals surface area contributed by atoms with Crippen molar-refractivity contribution in [2.75, 3.05) is 82.7 Å². The van der Waals surface area contributed by atoms with Gasteiger partial charge >= 0.3 is 0 Å². The molecule has 5 saturated carbocycles. The number of ketones is 4. The van der Waals surface area contributed by atoms with Gasteiger partial charge < -0.3 is 71.3 Å². The lowest BCUT2D eigenvalue weighted by molar-refractivity contribution is -0.124. The van der Waals surface area contributed by atoms with Crippen LogP contribution in [-0.4, -0.2) is 226 Å². The van der Waals surface area contributed by atoms with E-state index in [4.69, 9.17) is 22.1 Å². The number of ether oxygens (including phenoxy) is 1. The van der Waals surface area contributed by atoms with Gasteiger partial charge in [0.2, 0.25) is 5.91 Å². The molecule has 0 radical (unpaired) electrons. The van der Waals surface area contributed by atoms with Gasteiger partial charge in [-0.3, -0.25) is 48.1 Å². The number of halogens is 2. The number of hydrogen-bond donors (Lipinski definition) is 9. The third-order valence-corrected chi connectivity index (χ3v) is 32.8. The number of primary amides is 1. The first-order valence-electron chi connectivity index (χ1n) is 51.4. The molecule has 6 fully saturated rings. The Morgan fingerprint density at radius 2 is 0.697 bits per heavy atom. The van der Waals surface area contributed by atoms with Gasteiger partial charge in [0.25, 0.3) is 46.8 Å². The van der Waals surface area contributed by atoms with Crippen LogP contribution in [0.15, 0.2) is 249 Å². The Kier molecular flexibility index (Phi) is 35.2. The molecule has 1 saturated heterocycles. The molecule has 762 valence electrons. The van der Waals surface area contributed by atoms with Crippen LogP contribution in [0, 0.1) is 25.6 Å². The molecule has 9 aromatic carbocycles. The molecule has 19 rings (SSSR count). The number of nitrogens with one attached hydrogen (secondary N) is 8. The molecule has 10 N–H and O–H groups in total. The topological polar surface area (TPSA) is 316 Å². The molecule has 4 aromatic heterocycles. The fourth-order valence-electron chi connectivity index (χ4n) is 23.1. The number of aromatic nitrogens is 4. The zero-order valence-corrected chi connectivity index (χ0v) is 86.3. The van der Waals surface area contributed by atoms with Gasteiger partial charge in [0.05, 0.1) is 35.5 Å². The van der Waals surface area contributed by atoms with Gasteiger partial charge in [0, 0.05) is 144 Å². The zero-order valence-electron chi connectivity index (χ0n) is 85.5. The van der Waals surface area contributed by atoms with Crippen molar-refractivity contribution in [3.63, 3.8) is 0 Å². The molecule has 5 amide bonds. The Morgan fingerprint density at radius 1 is 0.372 bits per heavy atom. The van der Waals surface area contributed by atoms with Crippen LogP contribution in [0.2, 0.25) is 5.02 Å². The molecule has 0 atom stereocenters. The van der Waals surface area contributed by atoms with Crippen LogP contribution in [0.5, 0.6) is 0 Å². The fourth-order valence-corrected chi connectivity index (χ4v) is 23.3. The summed E-state index contributed by atoms with van der Waals surface area (Å²) in [5.41, 5.74) is 19.7. The van der Waals surface area contributed by atoms with Crippen molar-refractivity contribution in [2.45, 2.75) is 220 Å². The maximum absolute atomic E-state index is 13.3. The summed E-state index contributed by atoms with van der Waals surface area (Å²) in [5, 5.41) is 15.8. The molecule has 0 spiro atoms. The lowest BCUT2D eigenvalue weighted by atomic mass is 9.71. The van der Waals surface area contributed by atoms with Crippen molar-refractivity contribution >= 4 is 108 Å². The van der Waals surface area contributed by atoms with E-state index in [-0.39, 0.29) is 69.5 Å². The summed E-state index contributed by atoms with van der Waals surface area (Å²) in [6.07, 6.45) is 28.3. The van der Waals surface area contributed by atoms with Crippen molar-refractivity contribution < 1.29 is 52.3 Å². The predicted molar refractivity (Wildman–Crippen MR) is 574 cm³/mol. The average Bonchev–Trinajstić information content (AvgIpc) is 1.23. The summed E-state index contributed by atoms with van der Waals surface area (Å²) < 4.78 is 18.8. The first-order valence-corrected chi connectivity index (χ1v) is 51.8. The average molecular weight is 1980 g/mol. The van der Waals surface area contributed by atoms with Crippen molar-refractivity contribution in [2.24, 2.45) is 11.7 Å². The van der Waals surface area contributed by atoms with Gasteiger partial charge in [-0.15, -0.1) is 0 Å². The Hall–Kier alpha value is -12.9. The van der Waals surface area contributed by atoms with Gasteiger partial charge in [0.1, 0.15) is 5.82 Å². The fraction of sp³-hybridized carbons (Fsp3) is 0.403. The standard InChI is InChI=1S/2C26H31N3O2.C25H28ClN3O2.C25H28FN3O2.C17H24N2O2/c1-18-7-6-8-19(15-18)16-26(29(2)3)13-11-20(12-14-26)28-25(31)24(30)22-17-27-23-10-5-4-9-21(22)23;1-18-8-4-5-9-19(18)16-26(29(2)3)14-12-20(13-15-26)28-25(31)24(30)22-17-27-23-11-7-6-10-21(22)23;1-29(2)25(15-17-7-3-5-9-21(17)26)13-11-18(12-14-25)28-24(31)23(30)20-16-27-22-10-6-4-8-19(20)22;1-29(2)25(15-17-7-9-18(26)10-8-17)13-11-19(12-14-25)28-24(31)23(30)21-16-27-22-6-4-3-5-20(21)22;18-16(20)14-6-8-17(9-7-14,15-4-2-1-3-5-15)19-10-12-21-13-11-19/h4-10,15,17,20,27H,11-14,16H2,1-3H3,(H,28,31);4-11,17,20,27H,12-16H2,1-3H3,(H,28,31);3-10,16,18,27H,11-15H2,1-2H3,(H,28,31);3-10,16,19,27H,11-15H2,1-2H3,(H,28,31);1-5,14H,6-13H2,(H2,18,20). The molecular formula is C119H142ClFN14O10. The van der Waals surface area contributed by atoms with Gasteiger partial charge in [0.15, 0.2) is 0 Å². The number of morpholine rings is 1. The number of fused-ring (bicyclic) bond motifs is 4. The number of Topliss-reactive ketones (excluding diaryl/α,β-unsaturated/α-hetero) is 4. The molecule has 5 aliphatic carbocycles. The molecule has 0 unspecified atom stereocenters. The number of nitrogens with two attached hydrogens (primary N) is 1. The van der Waals surface area contributed by atoms with E-state index in [2.05, 4.69) is 221 Å². The first-order chi connectivity index (χ1) is 69.8. The molecule has 5 heterocycles. The third kappa shape index (κ3) is 25.5. The number of aromatic amines is 4. The molecular weight excluding hydrogens is 1840 g/mol. The van der Waals surface area contributed by atoms with E-state index in [1.54, 1.807) is 24.8 Å². The minimum Gasteiger partial charge on any atom is -0.379 e. The van der Waals surface area contributed by atoms with Crippen molar-refractivity contribution in [1.82, 2.24) is 65.7 Å². The van der Waals surface area contributed by atoms with Gasteiger partial charge in [-0.1, -0.05) is 199 Å².